The maximum atomic E-state index is 12.4. The number of benzene rings is 2. The highest BCUT2D eigenvalue weighted by atomic mass is 16.2. The quantitative estimate of drug-likeness (QED) is 0.653. The summed E-state index contributed by atoms with van der Waals surface area (Å²) in [7, 11) is 0. The van der Waals surface area contributed by atoms with Crippen LogP contribution in [-0.4, -0.2) is 16.8 Å². The Morgan fingerprint density at radius 3 is 2.68 bits per heavy atom. The minimum Gasteiger partial charge on any atom is -0.326 e. The molecule has 6 heteroatoms. The molecule has 2 aromatic carbocycles. The van der Waals surface area contributed by atoms with Gasteiger partial charge in [0.15, 0.2) is 0 Å². The summed E-state index contributed by atoms with van der Waals surface area (Å²) in [6.45, 7) is 3.71. The molecule has 0 radical (unpaired) electrons. The van der Waals surface area contributed by atoms with Gasteiger partial charge in [-0.1, -0.05) is 18.2 Å². The van der Waals surface area contributed by atoms with Gasteiger partial charge in [-0.05, 0) is 61.5 Å². The standard InChI is InChI=1S/C22H21N3O3/c1-22(2)16-12-15(8-9-18(16)25-21(22)28)23-19(26)10-7-14-11-13-5-3-4-6-17(13)24-20(14)27/h3-6,8-9,11-12H,7,10H2,1-2H3,(H,23,26)(H,24,27)(H,25,28). The second kappa shape index (κ2) is 6.64. The van der Waals surface area contributed by atoms with Crippen molar-refractivity contribution in [1.82, 2.24) is 4.98 Å². The van der Waals surface area contributed by atoms with Crippen LogP contribution in [0.4, 0.5) is 11.4 Å². The van der Waals surface area contributed by atoms with Gasteiger partial charge in [-0.2, -0.15) is 0 Å². The molecular weight excluding hydrogens is 354 g/mol. The van der Waals surface area contributed by atoms with Crippen molar-refractivity contribution in [2.45, 2.75) is 32.1 Å². The fourth-order valence-electron chi connectivity index (χ4n) is 3.50. The molecule has 0 spiro atoms. The van der Waals surface area contributed by atoms with E-state index in [0.717, 1.165) is 22.2 Å². The molecule has 0 bridgehead atoms. The number of hydrogen-bond donors (Lipinski definition) is 3. The summed E-state index contributed by atoms with van der Waals surface area (Å²) in [5.74, 6) is -0.232. The van der Waals surface area contributed by atoms with Gasteiger partial charge in [0.1, 0.15) is 0 Å². The van der Waals surface area contributed by atoms with Crippen molar-refractivity contribution in [3.05, 3.63) is 70.0 Å². The average Bonchev–Trinajstić information content (AvgIpc) is 2.89. The van der Waals surface area contributed by atoms with Crippen LogP contribution in [0.5, 0.6) is 0 Å². The topological polar surface area (TPSA) is 91.1 Å². The maximum Gasteiger partial charge on any atom is 0.251 e. The molecule has 0 fully saturated rings. The number of fused-ring (bicyclic) bond motifs is 2. The van der Waals surface area contributed by atoms with Crippen molar-refractivity contribution >= 4 is 34.1 Å². The Morgan fingerprint density at radius 1 is 1.07 bits per heavy atom. The Bertz CT molecular complexity index is 1160. The first-order valence-corrected chi connectivity index (χ1v) is 9.21. The van der Waals surface area contributed by atoms with Crippen LogP contribution in [0.1, 0.15) is 31.4 Å². The molecule has 0 saturated heterocycles. The van der Waals surface area contributed by atoms with Crippen LogP contribution in [0.2, 0.25) is 0 Å². The third-order valence-corrected chi connectivity index (χ3v) is 5.24. The Labute approximate surface area is 162 Å². The van der Waals surface area contributed by atoms with Crippen molar-refractivity contribution in [3.63, 3.8) is 0 Å². The Morgan fingerprint density at radius 2 is 1.86 bits per heavy atom. The number of aryl methyl sites for hydroxylation is 1. The molecule has 2 heterocycles. The second-order valence-electron chi connectivity index (χ2n) is 7.60. The largest absolute Gasteiger partial charge is 0.326 e. The van der Waals surface area contributed by atoms with Gasteiger partial charge in [0.25, 0.3) is 5.56 Å². The zero-order valence-corrected chi connectivity index (χ0v) is 15.8. The minimum atomic E-state index is -0.630. The molecular formula is C22H21N3O3. The van der Waals surface area contributed by atoms with Gasteiger partial charge in [0.05, 0.1) is 5.41 Å². The highest BCUT2D eigenvalue weighted by Crippen LogP contribution is 2.38. The molecule has 3 N–H and O–H groups in total. The SMILES string of the molecule is CC1(C)C(=O)Nc2ccc(NC(=O)CCc3cc4ccccc4[nH]c3=O)cc21. The van der Waals surface area contributed by atoms with Crippen LogP contribution in [0.3, 0.4) is 0 Å². The molecule has 4 rings (SSSR count). The van der Waals surface area contributed by atoms with Crippen molar-refractivity contribution in [1.29, 1.82) is 0 Å². The van der Waals surface area contributed by atoms with Crippen LogP contribution in [0, 0.1) is 0 Å². The fourth-order valence-corrected chi connectivity index (χ4v) is 3.50. The highest BCUT2D eigenvalue weighted by Gasteiger charge is 2.38. The zero-order chi connectivity index (χ0) is 19.9. The summed E-state index contributed by atoms with van der Waals surface area (Å²) < 4.78 is 0. The molecule has 3 aromatic rings. The lowest BCUT2D eigenvalue weighted by molar-refractivity contribution is -0.119. The molecule has 1 aliphatic heterocycles. The van der Waals surface area contributed by atoms with E-state index in [1.165, 1.54) is 0 Å². The van der Waals surface area contributed by atoms with Gasteiger partial charge in [-0.3, -0.25) is 14.4 Å². The van der Waals surface area contributed by atoms with Crippen LogP contribution in [-0.2, 0) is 21.4 Å². The maximum absolute atomic E-state index is 12.4. The Hall–Kier alpha value is -3.41. The molecule has 0 saturated carbocycles. The van der Waals surface area contributed by atoms with Crippen LogP contribution < -0.4 is 16.2 Å². The number of H-pyrrole nitrogens is 1. The number of rotatable bonds is 4. The number of nitrogens with one attached hydrogen (secondary N) is 3. The van der Waals surface area contributed by atoms with Crippen molar-refractivity contribution < 1.29 is 9.59 Å². The smallest absolute Gasteiger partial charge is 0.251 e. The van der Waals surface area contributed by atoms with E-state index in [1.54, 1.807) is 12.1 Å². The lowest BCUT2D eigenvalue weighted by atomic mass is 9.86. The van der Waals surface area contributed by atoms with Crippen LogP contribution in [0.15, 0.2) is 53.3 Å². The van der Waals surface area contributed by atoms with Gasteiger partial charge >= 0.3 is 0 Å². The highest BCUT2D eigenvalue weighted by molar-refractivity contribution is 6.06. The third kappa shape index (κ3) is 3.17. The van der Waals surface area contributed by atoms with Crippen molar-refractivity contribution in [3.8, 4) is 0 Å². The lowest BCUT2D eigenvalue weighted by Crippen LogP contribution is -2.27. The zero-order valence-electron chi connectivity index (χ0n) is 15.8. The van der Waals surface area contributed by atoms with Gasteiger partial charge < -0.3 is 15.6 Å². The van der Waals surface area contributed by atoms with E-state index in [9.17, 15) is 14.4 Å². The molecule has 1 aromatic heterocycles. The van der Waals surface area contributed by atoms with Gasteiger partial charge in [0, 0.05) is 28.9 Å². The predicted molar refractivity (Wildman–Crippen MR) is 110 cm³/mol. The van der Waals surface area contributed by atoms with Gasteiger partial charge in [-0.15, -0.1) is 0 Å². The number of aromatic amines is 1. The molecule has 1 aliphatic rings. The first-order chi connectivity index (χ1) is 13.3. The summed E-state index contributed by atoms with van der Waals surface area (Å²) in [6, 6.07) is 14.8. The number of carbonyl (C=O) groups is 2. The van der Waals surface area contributed by atoms with Gasteiger partial charge in [-0.25, -0.2) is 0 Å². The van der Waals surface area contributed by atoms with E-state index in [4.69, 9.17) is 0 Å². The molecule has 0 aliphatic carbocycles. The number of para-hydroxylation sites is 1. The first kappa shape index (κ1) is 18.0. The van der Waals surface area contributed by atoms with Crippen molar-refractivity contribution in [2.24, 2.45) is 0 Å². The molecule has 0 unspecified atom stereocenters. The fraction of sp³-hybridized carbons (Fsp3) is 0.227. The van der Waals surface area contributed by atoms with E-state index < -0.39 is 5.41 Å². The summed E-state index contributed by atoms with van der Waals surface area (Å²) >= 11 is 0. The van der Waals surface area contributed by atoms with Crippen LogP contribution >= 0.6 is 0 Å². The number of aromatic nitrogens is 1. The lowest BCUT2D eigenvalue weighted by Gasteiger charge is -2.16. The summed E-state index contributed by atoms with van der Waals surface area (Å²) in [4.78, 5) is 39.5. The Kier molecular flexibility index (Phi) is 4.26. The summed E-state index contributed by atoms with van der Waals surface area (Å²) in [6.07, 6.45) is 0.543. The minimum absolute atomic E-state index is 0.0542. The molecule has 142 valence electrons. The van der Waals surface area contributed by atoms with E-state index in [-0.39, 0.29) is 23.8 Å². The summed E-state index contributed by atoms with van der Waals surface area (Å²) in [5.41, 5.74) is 2.84. The molecule has 2 amide bonds. The number of anilines is 2. The average molecular weight is 375 g/mol. The number of hydrogen-bond acceptors (Lipinski definition) is 3. The van der Waals surface area contributed by atoms with Gasteiger partial charge in [0.2, 0.25) is 11.8 Å². The second-order valence-corrected chi connectivity index (χ2v) is 7.60. The predicted octanol–water partition coefficient (Wildman–Crippen LogP) is 3.33. The van der Waals surface area contributed by atoms with Crippen molar-refractivity contribution in [2.75, 3.05) is 10.6 Å². The van der Waals surface area contributed by atoms with E-state index >= 15 is 0 Å². The van der Waals surface area contributed by atoms with E-state index in [0.29, 0.717) is 17.7 Å². The van der Waals surface area contributed by atoms with Crippen LogP contribution in [0.25, 0.3) is 10.9 Å². The first-order valence-electron chi connectivity index (χ1n) is 9.21. The summed E-state index contributed by atoms with van der Waals surface area (Å²) in [5, 5.41) is 6.65. The normalized spacial score (nSPS) is 14.6. The number of pyridine rings is 1. The van der Waals surface area contributed by atoms with E-state index in [2.05, 4.69) is 15.6 Å². The van der Waals surface area contributed by atoms with E-state index in [1.807, 2.05) is 50.2 Å². The monoisotopic (exact) mass is 375 g/mol. The number of carbonyl (C=O) groups excluding carboxylic acids is 2. The Balaban J connectivity index is 1.46. The third-order valence-electron chi connectivity index (χ3n) is 5.24. The molecule has 28 heavy (non-hydrogen) atoms. The molecule has 0 atom stereocenters. The number of amides is 2. The molecule has 6 nitrogen and oxygen atoms in total.